The number of hydrogen-bond acceptors (Lipinski definition) is 14. The SMILES string of the molecule is C=C(C)C(=O)OCCCCOC(=O)Oc1ccc(C(=O)Oc2ccc(OC(=O)c3ccc(OC(=O)OCCCCOC(=O)C(=C)C)cc3)c(Cl)c2)cc1. The van der Waals surface area contributed by atoms with Gasteiger partial charge < -0.3 is 37.9 Å². The van der Waals surface area contributed by atoms with Crippen LogP contribution < -0.4 is 18.9 Å². The van der Waals surface area contributed by atoms with E-state index in [-0.39, 0.29) is 65.6 Å². The maximum atomic E-state index is 12.7. The van der Waals surface area contributed by atoms with Crippen LogP contribution in [0.2, 0.25) is 5.02 Å². The summed E-state index contributed by atoms with van der Waals surface area (Å²) in [4.78, 5) is 71.9. The highest BCUT2D eigenvalue weighted by Crippen LogP contribution is 2.30. The van der Waals surface area contributed by atoms with Gasteiger partial charge in [0.25, 0.3) is 0 Å². The second-order valence-electron chi connectivity index (χ2n) is 11.1. The summed E-state index contributed by atoms with van der Waals surface area (Å²) in [7, 11) is 0. The Morgan fingerprint density at radius 2 is 0.887 bits per heavy atom. The molecule has 0 aliphatic rings. The van der Waals surface area contributed by atoms with Crippen molar-refractivity contribution < 1.29 is 66.7 Å². The Hall–Kier alpha value is -6.15. The Labute approximate surface area is 310 Å². The van der Waals surface area contributed by atoms with E-state index in [2.05, 4.69) is 13.2 Å². The van der Waals surface area contributed by atoms with E-state index in [1.165, 1.54) is 66.7 Å². The fourth-order valence-corrected chi connectivity index (χ4v) is 4.03. The van der Waals surface area contributed by atoms with Crippen molar-refractivity contribution in [1.29, 1.82) is 0 Å². The largest absolute Gasteiger partial charge is 0.513 e. The fraction of sp³-hybridized carbons (Fsp3) is 0.263. The molecule has 0 aliphatic carbocycles. The van der Waals surface area contributed by atoms with E-state index in [1.54, 1.807) is 13.8 Å². The lowest BCUT2D eigenvalue weighted by atomic mass is 10.2. The predicted molar refractivity (Wildman–Crippen MR) is 188 cm³/mol. The molecule has 0 aromatic heterocycles. The summed E-state index contributed by atoms with van der Waals surface area (Å²) in [5.41, 5.74) is 0.864. The molecule has 0 heterocycles. The van der Waals surface area contributed by atoms with Crippen molar-refractivity contribution in [3.05, 3.63) is 107 Å². The summed E-state index contributed by atoms with van der Waals surface area (Å²) in [6.07, 6.45) is -0.0198. The summed E-state index contributed by atoms with van der Waals surface area (Å²) in [5.74, 6) is -2.15. The second kappa shape index (κ2) is 21.3. The predicted octanol–water partition coefficient (Wildman–Crippen LogP) is 7.61. The molecular formula is C38H37ClO14. The summed E-state index contributed by atoms with van der Waals surface area (Å²) < 4.78 is 40.8. The van der Waals surface area contributed by atoms with Gasteiger partial charge in [0, 0.05) is 17.2 Å². The Morgan fingerprint density at radius 3 is 1.28 bits per heavy atom. The first-order valence-electron chi connectivity index (χ1n) is 16.1. The molecule has 14 nitrogen and oxygen atoms in total. The summed E-state index contributed by atoms with van der Waals surface area (Å²) in [6, 6.07) is 15.0. The molecule has 0 atom stereocenters. The van der Waals surface area contributed by atoms with E-state index in [9.17, 15) is 28.8 Å². The van der Waals surface area contributed by atoms with E-state index in [0.717, 1.165) is 0 Å². The number of carbonyl (C=O) groups is 6. The molecule has 0 unspecified atom stereocenters. The van der Waals surface area contributed by atoms with E-state index in [0.29, 0.717) is 36.8 Å². The monoisotopic (exact) mass is 752 g/mol. The number of hydrogen-bond donors (Lipinski definition) is 0. The van der Waals surface area contributed by atoms with Gasteiger partial charge in [-0.25, -0.2) is 28.8 Å². The van der Waals surface area contributed by atoms with Gasteiger partial charge in [0.1, 0.15) is 23.0 Å². The first-order chi connectivity index (χ1) is 25.3. The van der Waals surface area contributed by atoms with Gasteiger partial charge in [-0.05, 0) is 100 Å². The molecule has 0 N–H and O–H groups in total. The molecule has 3 aromatic carbocycles. The van der Waals surface area contributed by atoms with Crippen molar-refractivity contribution in [3.63, 3.8) is 0 Å². The normalized spacial score (nSPS) is 10.2. The van der Waals surface area contributed by atoms with Crippen LogP contribution in [0.15, 0.2) is 91.0 Å². The minimum absolute atomic E-state index is 0.00522. The Morgan fingerprint density at radius 1 is 0.509 bits per heavy atom. The standard InChI is InChI=1S/C38H37ClO14/c1-24(2)33(40)46-19-5-7-21-48-37(44)51-28-13-9-26(10-14-28)35(42)50-30-17-18-32(31(39)23-30)53-36(43)27-11-15-29(16-12-27)52-38(45)49-22-8-6-20-47-34(41)25(3)4/h9-18,23H,1,3,5-8,19-22H2,2,4H3. The molecule has 0 saturated carbocycles. The number of unbranched alkanes of at least 4 members (excludes halogenated alkanes) is 2. The van der Waals surface area contributed by atoms with Gasteiger partial charge >= 0.3 is 36.2 Å². The number of benzene rings is 3. The zero-order chi connectivity index (χ0) is 38.8. The van der Waals surface area contributed by atoms with Crippen LogP contribution in [0.1, 0.15) is 60.2 Å². The first kappa shape index (κ1) is 41.3. The van der Waals surface area contributed by atoms with E-state index in [1.807, 2.05) is 0 Å². The van der Waals surface area contributed by atoms with Gasteiger partial charge in [0.05, 0.1) is 42.6 Å². The quantitative estimate of drug-likeness (QED) is 0.0310. The maximum Gasteiger partial charge on any atom is 0.513 e. The summed E-state index contributed by atoms with van der Waals surface area (Å²) >= 11 is 6.27. The molecular weight excluding hydrogens is 716 g/mol. The van der Waals surface area contributed by atoms with Crippen LogP contribution >= 0.6 is 11.6 Å². The van der Waals surface area contributed by atoms with Crippen LogP contribution in [0.25, 0.3) is 0 Å². The average Bonchev–Trinajstić information content (AvgIpc) is 3.12. The number of halogens is 1. The highest BCUT2D eigenvalue weighted by Gasteiger charge is 2.16. The van der Waals surface area contributed by atoms with Crippen LogP contribution in [0.3, 0.4) is 0 Å². The number of rotatable bonds is 18. The number of ether oxygens (including phenoxy) is 8. The Kier molecular flexibility index (Phi) is 16.6. The molecule has 15 heteroatoms. The zero-order valence-electron chi connectivity index (χ0n) is 29.0. The van der Waals surface area contributed by atoms with E-state index in [4.69, 9.17) is 49.5 Å². The van der Waals surface area contributed by atoms with Crippen LogP contribution in [0.5, 0.6) is 23.0 Å². The average molecular weight is 753 g/mol. The van der Waals surface area contributed by atoms with E-state index < -0.39 is 36.2 Å². The summed E-state index contributed by atoms with van der Waals surface area (Å²) in [5, 5.41) is -0.0181. The number of esters is 4. The van der Waals surface area contributed by atoms with Crippen LogP contribution in [0.4, 0.5) is 9.59 Å². The first-order valence-corrected chi connectivity index (χ1v) is 16.5. The lowest BCUT2D eigenvalue weighted by molar-refractivity contribution is -0.140. The molecule has 3 rings (SSSR count). The molecule has 0 amide bonds. The lowest BCUT2D eigenvalue weighted by Gasteiger charge is -2.10. The van der Waals surface area contributed by atoms with E-state index >= 15 is 0 Å². The van der Waals surface area contributed by atoms with Gasteiger partial charge in [-0.1, -0.05) is 24.8 Å². The van der Waals surface area contributed by atoms with Crippen molar-refractivity contribution in [2.45, 2.75) is 39.5 Å². The molecule has 0 aliphatic heterocycles. The third-order valence-electron chi connectivity index (χ3n) is 6.58. The molecule has 0 fully saturated rings. The molecule has 3 aromatic rings. The third-order valence-corrected chi connectivity index (χ3v) is 6.87. The van der Waals surface area contributed by atoms with Crippen molar-refractivity contribution in [3.8, 4) is 23.0 Å². The topological polar surface area (TPSA) is 176 Å². The Bertz CT molecular complexity index is 1800. The Balaban J connectivity index is 1.39. The van der Waals surface area contributed by atoms with Gasteiger partial charge in [-0.2, -0.15) is 0 Å². The highest BCUT2D eigenvalue weighted by molar-refractivity contribution is 6.32. The lowest BCUT2D eigenvalue weighted by Crippen LogP contribution is -2.13. The fourth-order valence-electron chi connectivity index (χ4n) is 3.82. The minimum Gasteiger partial charge on any atom is -0.462 e. The maximum absolute atomic E-state index is 12.7. The van der Waals surface area contributed by atoms with Gasteiger partial charge in [0.2, 0.25) is 0 Å². The number of carbonyl (C=O) groups excluding carboxylic acids is 6. The van der Waals surface area contributed by atoms with Crippen molar-refractivity contribution in [2.75, 3.05) is 26.4 Å². The van der Waals surface area contributed by atoms with Crippen molar-refractivity contribution in [1.82, 2.24) is 0 Å². The van der Waals surface area contributed by atoms with Crippen LogP contribution in [0, 0.1) is 0 Å². The van der Waals surface area contributed by atoms with Crippen LogP contribution in [-0.4, -0.2) is 62.6 Å². The van der Waals surface area contributed by atoms with Crippen molar-refractivity contribution in [2.24, 2.45) is 0 Å². The summed E-state index contributed by atoms with van der Waals surface area (Å²) in [6.45, 7) is 10.5. The molecule has 0 saturated heterocycles. The van der Waals surface area contributed by atoms with Crippen molar-refractivity contribution >= 4 is 47.8 Å². The van der Waals surface area contributed by atoms with Gasteiger partial charge in [-0.3, -0.25) is 0 Å². The van der Waals surface area contributed by atoms with Gasteiger partial charge in [0.15, 0.2) is 0 Å². The molecule has 0 spiro atoms. The molecule has 53 heavy (non-hydrogen) atoms. The minimum atomic E-state index is -0.943. The second-order valence-corrected chi connectivity index (χ2v) is 11.5. The molecule has 0 bridgehead atoms. The molecule has 280 valence electrons. The van der Waals surface area contributed by atoms with Crippen LogP contribution in [-0.2, 0) is 28.5 Å². The molecule has 0 radical (unpaired) electrons. The zero-order valence-corrected chi connectivity index (χ0v) is 29.8. The smallest absolute Gasteiger partial charge is 0.462 e. The highest BCUT2D eigenvalue weighted by atomic mass is 35.5. The van der Waals surface area contributed by atoms with Gasteiger partial charge in [-0.15, -0.1) is 0 Å². The third kappa shape index (κ3) is 14.9.